The van der Waals surface area contributed by atoms with Gasteiger partial charge in [-0.2, -0.15) is 0 Å². The first-order valence-corrected chi connectivity index (χ1v) is 8.27. The van der Waals surface area contributed by atoms with E-state index >= 15 is 0 Å². The van der Waals surface area contributed by atoms with Crippen LogP contribution in [0.3, 0.4) is 0 Å². The highest BCUT2D eigenvalue weighted by atomic mass is 32.1. The predicted octanol–water partition coefficient (Wildman–Crippen LogP) is 3.40. The monoisotopic (exact) mass is 336 g/mol. The van der Waals surface area contributed by atoms with Gasteiger partial charge in [0.25, 0.3) is 5.91 Å². The van der Waals surface area contributed by atoms with Crippen molar-refractivity contribution in [3.8, 4) is 5.75 Å². The molecule has 23 heavy (non-hydrogen) atoms. The van der Waals surface area contributed by atoms with Crippen LogP contribution in [0.2, 0.25) is 0 Å². The molecule has 2 aromatic rings. The third-order valence-corrected chi connectivity index (χ3v) is 4.26. The molecule has 0 aliphatic carbocycles. The van der Waals surface area contributed by atoms with Gasteiger partial charge < -0.3 is 14.8 Å². The number of nitrogens with zero attached hydrogens (tertiary/aromatic N) is 1. The molecule has 1 aliphatic rings. The summed E-state index contributed by atoms with van der Waals surface area (Å²) < 4.78 is 24.7. The molecule has 0 unspecified atom stereocenters. The molecule has 1 aliphatic heterocycles. The summed E-state index contributed by atoms with van der Waals surface area (Å²) in [5.41, 5.74) is 0.598. The van der Waals surface area contributed by atoms with Crippen LogP contribution in [0.25, 0.3) is 0 Å². The van der Waals surface area contributed by atoms with E-state index in [0.717, 1.165) is 24.5 Å². The summed E-state index contributed by atoms with van der Waals surface area (Å²) in [5, 5.41) is 5.11. The number of aromatic nitrogens is 1. The van der Waals surface area contributed by atoms with Gasteiger partial charge in [-0.15, -0.1) is 11.3 Å². The number of nitrogens with one attached hydrogen (secondary N) is 1. The van der Waals surface area contributed by atoms with Crippen LogP contribution in [0.5, 0.6) is 5.75 Å². The maximum Gasteiger partial charge on any atom is 0.275 e. The maximum atomic E-state index is 13.5. The Morgan fingerprint density at radius 2 is 2.43 bits per heavy atom. The number of benzene rings is 1. The van der Waals surface area contributed by atoms with Gasteiger partial charge in [-0.3, -0.25) is 4.79 Å². The molecule has 122 valence electrons. The highest BCUT2D eigenvalue weighted by molar-refractivity contribution is 7.09. The molecule has 5 nitrogen and oxygen atoms in total. The lowest BCUT2D eigenvalue weighted by atomic mass is 10.2. The van der Waals surface area contributed by atoms with Gasteiger partial charge in [0, 0.05) is 18.1 Å². The minimum Gasteiger partial charge on any atom is -0.489 e. The first kappa shape index (κ1) is 15.9. The minimum atomic E-state index is -0.445. The Morgan fingerprint density at radius 1 is 1.57 bits per heavy atom. The molecule has 1 saturated heterocycles. The standard InChI is InChI=1S/C16H17FN2O3S/c1-10-18-14(9-23-10)16(20)19-13-7-11(17)4-5-15(13)22-8-12-3-2-6-21-12/h4-5,7,9,12H,2-3,6,8H2,1H3,(H,19,20)/t12-/m1/s1. The molecular weight excluding hydrogens is 319 g/mol. The van der Waals surface area contributed by atoms with Crippen LogP contribution in [-0.2, 0) is 4.74 Å². The summed E-state index contributed by atoms with van der Waals surface area (Å²) in [6.07, 6.45) is 2.01. The Kier molecular flexibility index (Phi) is 4.88. The van der Waals surface area contributed by atoms with E-state index in [1.807, 2.05) is 6.92 Å². The van der Waals surface area contributed by atoms with E-state index in [4.69, 9.17) is 9.47 Å². The SMILES string of the molecule is Cc1nc(C(=O)Nc2cc(F)ccc2OC[C@H]2CCCO2)cs1. The van der Waals surface area contributed by atoms with E-state index in [1.165, 1.54) is 29.5 Å². The van der Waals surface area contributed by atoms with Gasteiger partial charge in [-0.05, 0) is 31.9 Å². The molecule has 1 fully saturated rings. The Morgan fingerprint density at radius 3 is 3.13 bits per heavy atom. The molecule has 0 radical (unpaired) electrons. The van der Waals surface area contributed by atoms with Crippen LogP contribution in [-0.4, -0.2) is 30.2 Å². The third-order valence-electron chi connectivity index (χ3n) is 3.49. The Labute approximate surface area is 137 Å². The van der Waals surface area contributed by atoms with E-state index < -0.39 is 5.82 Å². The van der Waals surface area contributed by atoms with Crippen LogP contribution >= 0.6 is 11.3 Å². The van der Waals surface area contributed by atoms with Crippen molar-refractivity contribution in [3.05, 3.63) is 40.1 Å². The van der Waals surface area contributed by atoms with Crippen molar-refractivity contribution in [2.45, 2.75) is 25.9 Å². The fraction of sp³-hybridized carbons (Fsp3) is 0.375. The van der Waals surface area contributed by atoms with E-state index in [2.05, 4.69) is 10.3 Å². The molecule has 1 aromatic carbocycles. The molecule has 7 heteroatoms. The lowest BCUT2D eigenvalue weighted by Crippen LogP contribution is -2.18. The Hall–Kier alpha value is -1.99. The van der Waals surface area contributed by atoms with Crippen LogP contribution < -0.4 is 10.1 Å². The maximum absolute atomic E-state index is 13.5. The van der Waals surface area contributed by atoms with Crippen LogP contribution in [0.1, 0.15) is 28.3 Å². The van der Waals surface area contributed by atoms with Crippen LogP contribution in [0.4, 0.5) is 10.1 Å². The average molecular weight is 336 g/mol. The van der Waals surface area contributed by atoms with E-state index in [9.17, 15) is 9.18 Å². The second-order valence-corrected chi connectivity index (χ2v) is 6.35. The number of ether oxygens (including phenoxy) is 2. The number of halogens is 1. The fourth-order valence-electron chi connectivity index (χ4n) is 2.34. The number of aryl methyl sites for hydroxylation is 1. The molecule has 0 spiro atoms. The average Bonchev–Trinajstić information content (AvgIpc) is 3.18. The zero-order valence-electron chi connectivity index (χ0n) is 12.7. The van der Waals surface area contributed by atoms with Crippen molar-refractivity contribution in [2.75, 3.05) is 18.5 Å². The largest absolute Gasteiger partial charge is 0.489 e. The fourth-order valence-corrected chi connectivity index (χ4v) is 2.93. The number of thiazole rings is 1. The second-order valence-electron chi connectivity index (χ2n) is 5.29. The van der Waals surface area contributed by atoms with Gasteiger partial charge in [0.15, 0.2) is 0 Å². The zero-order valence-corrected chi connectivity index (χ0v) is 13.5. The smallest absolute Gasteiger partial charge is 0.275 e. The lowest BCUT2D eigenvalue weighted by molar-refractivity contribution is 0.0681. The summed E-state index contributed by atoms with van der Waals surface area (Å²) in [6.45, 7) is 2.94. The van der Waals surface area contributed by atoms with Crippen molar-refractivity contribution < 1.29 is 18.7 Å². The van der Waals surface area contributed by atoms with Crippen LogP contribution in [0, 0.1) is 12.7 Å². The number of hydrogen-bond acceptors (Lipinski definition) is 5. The molecule has 1 aromatic heterocycles. The van der Waals surface area contributed by atoms with Gasteiger partial charge in [0.2, 0.25) is 0 Å². The number of carbonyl (C=O) groups excluding carboxylic acids is 1. The third kappa shape index (κ3) is 4.05. The van der Waals surface area contributed by atoms with Crippen molar-refractivity contribution in [1.29, 1.82) is 0 Å². The van der Waals surface area contributed by atoms with Gasteiger partial charge in [0.05, 0.1) is 16.8 Å². The molecular formula is C16H17FN2O3S. The molecule has 1 atom stereocenters. The van der Waals surface area contributed by atoms with Gasteiger partial charge in [0.1, 0.15) is 23.9 Å². The van der Waals surface area contributed by atoms with Gasteiger partial charge in [-0.1, -0.05) is 0 Å². The Bertz CT molecular complexity index is 698. The summed E-state index contributed by atoms with van der Waals surface area (Å²) in [6, 6.07) is 4.04. The van der Waals surface area contributed by atoms with Crippen molar-refractivity contribution in [2.24, 2.45) is 0 Å². The summed E-state index contributed by atoms with van der Waals surface area (Å²) in [5.74, 6) is -0.414. The molecule has 0 bridgehead atoms. The normalized spacial score (nSPS) is 17.2. The topological polar surface area (TPSA) is 60.5 Å². The quantitative estimate of drug-likeness (QED) is 0.909. The highest BCUT2D eigenvalue weighted by Gasteiger charge is 2.18. The predicted molar refractivity (Wildman–Crippen MR) is 85.7 cm³/mol. The number of rotatable bonds is 5. The molecule has 1 amide bonds. The molecule has 1 N–H and O–H groups in total. The van der Waals surface area contributed by atoms with Crippen molar-refractivity contribution >= 4 is 22.9 Å². The first-order chi connectivity index (χ1) is 11.1. The first-order valence-electron chi connectivity index (χ1n) is 7.39. The summed E-state index contributed by atoms with van der Waals surface area (Å²) in [4.78, 5) is 16.3. The van der Waals surface area contributed by atoms with Gasteiger partial charge >= 0.3 is 0 Å². The van der Waals surface area contributed by atoms with E-state index in [1.54, 1.807) is 5.38 Å². The number of carbonyl (C=O) groups is 1. The molecule has 3 rings (SSSR count). The number of anilines is 1. The van der Waals surface area contributed by atoms with Crippen molar-refractivity contribution in [3.63, 3.8) is 0 Å². The highest BCUT2D eigenvalue weighted by Crippen LogP contribution is 2.27. The number of hydrogen-bond donors (Lipinski definition) is 1. The van der Waals surface area contributed by atoms with E-state index in [-0.39, 0.29) is 12.0 Å². The second kappa shape index (κ2) is 7.06. The van der Waals surface area contributed by atoms with Gasteiger partial charge in [-0.25, -0.2) is 9.37 Å². The number of amides is 1. The minimum absolute atomic E-state index is 0.0461. The lowest BCUT2D eigenvalue weighted by Gasteiger charge is -2.15. The summed E-state index contributed by atoms with van der Waals surface area (Å²) >= 11 is 1.38. The molecule has 2 heterocycles. The van der Waals surface area contributed by atoms with Crippen molar-refractivity contribution in [1.82, 2.24) is 4.98 Å². The van der Waals surface area contributed by atoms with E-state index in [0.29, 0.717) is 23.7 Å². The Balaban J connectivity index is 1.71. The van der Waals surface area contributed by atoms with Crippen LogP contribution in [0.15, 0.2) is 23.6 Å². The zero-order chi connectivity index (χ0) is 16.2. The summed E-state index contributed by atoms with van der Waals surface area (Å²) in [7, 11) is 0. The molecule has 0 saturated carbocycles.